The van der Waals surface area contributed by atoms with Crippen LogP contribution in [-0.4, -0.2) is 13.9 Å². The van der Waals surface area contributed by atoms with E-state index < -0.39 is 38.9 Å². The van der Waals surface area contributed by atoms with E-state index in [1.54, 1.807) is 0 Å². The first kappa shape index (κ1) is 20.2. The number of hydrogen-bond acceptors (Lipinski definition) is 4. The summed E-state index contributed by atoms with van der Waals surface area (Å²) in [6.07, 6.45) is -4.99. The third-order valence-corrected chi connectivity index (χ3v) is 3.98. The lowest BCUT2D eigenvalue weighted by molar-refractivity contribution is -0.137. The molecule has 0 heterocycles. The number of hydrogen-bond donors (Lipinski definition) is 0. The van der Waals surface area contributed by atoms with Gasteiger partial charge >= 0.3 is 21.8 Å². The molecule has 0 bridgehead atoms. The van der Waals surface area contributed by atoms with Crippen molar-refractivity contribution in [1.29, 1.82) is 0 Å². The summed E-state index contributed by atoms with van der Waals surface area (Å²) in [6.45, 7) is 0. The first-order chi connectivity index (χ1) is 11.8. The van der Waals surface area contributed by atoms with Gasteiger partial charge in [-0.1, -0.05) is 11.6 Å². The zero-order chi connectivity index (χ0) is 19.8. The van der Waals surface area contributed by atoms with Crippen LogP contribution >= 0.6 is 11.6 Å². The Balaban J connectivity index is 2.44. The molecule has 0 aliphatic rings. The molecule has 142 valence electrons. The second kappa shape index (κ2) is 6.88. The SMILES string of the molecule is O=S(=O)(Oc1cc(Oc2ccc(Cl)cc2)cc(C(F)(F)F)c1)C(F)(F)F. The Hall–Kier alpha value is -2.14. The highest BCUT2D eigenvalue weighted by Crippen LogP contribution is 2.38. The molecule has 4 nitrogen and oxygen atoms in total. The van der Waals surface area contributed by atoms with Gasteiger partial charge in [-0.15, -0.1) is 0 Å². The monoisotopic (exact) mass is 420 g/mol. The average Bonchev–Trinajstić information content (AvgIpc) is 2.47. The highest BCUT2D eigenvalue weighted by atomic mass is 35.5. The van der Waals surface area contributed by atoms with Crippen LogP contribution in [0.4, 0.5) is 26.3 Å². The van der Waals surface area contributed by atoms with E-state index in [4.69, 9.17) is 16.3 Å². The van der Waals surface area contributed by atoms with E-state index in [9.17, 15) is 34.8 Å². The molecule has 0 saturated heterocycles. The van der Waals surface area contributed by atoms with Crippen LogP contribution in [0.3, 0.4) is 0 Å². The van der Waals surface area contributed by atoms with Crippen molar-refractivity contribution >= 4 is 21.7 Å². The minimum Gasteiger partial charge on any atom is -0.457 e. The number of ether oxygens (including phenoxy) is 1. The Bertz CT molecular complexity index is 891. The van der Waals surface area contributed by atoms with Gasteiger partial charge in [0.2, 0.25) is 0 Å². The molecule has 0 aliphatic carbocycles. The van der Waals surface area contributed by atoms with Crippen molar-refractivity contribution in [3.05, 3.63) is 53.1 Å². The lowest BCUT2D eigenvalue weighted by atomic mass is 10.2. The molecule has 0 amide bonds. The Morgan fingerprint density at radius 2 is 1.35 bits per heavy atom. The van der Waals surface area contributed by atoms with Crippen molar-refractivity contribution in [2.45, 2.75) is 11.7 Å². The van der Waals surface area contributed by atoms with Gasteiger partial charge in [-0.25, -0.2) is 0 Å². The molecule has 0 aromatic heterocycles. The summed E-state index contributed by atoms with van der Waals surface area (Å²) in [6, 6.07) is 6.45. The van der Waals surface area contributed by atoms with E-state index >= 15 is 0 Å². The predicted octanol–water partition coefficient (Wildman–Crippen LogP) is 5.38. The van der Waals surface area contributed by atoms with Crippen LogP contribution in [0.1, 0.15) is 5.56 Å². The average molecular weight is 421 g/mol. The third kappa shape index (κ3) is 4.94. The van der Waals surface area contributed by atoms with Crippen LogP contribution in [0.2, 0.25) is 5.02 Å². The summed E-state index contributed by atoms with van der Waals surface area (Å²) < 4.78 is 107. The van der Waals surface area contributed by atoms with Crippen LogP contribution < -0.4 is 8.92 Å². The largest absolute Gasteiger partial charge is 0.534 e. The number of rotatable bonds is 4. The summed E-state index contributed by atoms with van der Waals surface area (Å²) in [4.78, 5) is 0. The number of alkyl halides is 6. The second-order valence-corrected chi connectivity index (χ2v) is 6.70. The maximum atomic E-state index is 12.9. The van der Waals surface area contributed by atoms with Gasteiger partial charge in [0.15, 0.2) is 0 Å². The number of benzene rings is 2. The van der Waals surface area contributed by atoms with Crippen LogP contribution in [0.5, 0.6) is 17.2 Å². The van der Waals surface area contributed by atoms with Crippen molar-refractivity contribution < 1.29 is 43.7 Å². The van der Waals surface area contributed by atoms with Crippen LogP contribution in [0.15, 0.2) is 42.5 Å². The predicted molar refractivity (Wildman–Crippen MR) is 78.6 cm³/mol. The van der Waals surface area contributed by atoms with Gasteiger partial charge in [0.25, 0.3) is 0 Å². The summed E-state index contributed by atoms with van der Waals surface area (Å²) in [5.74, 6) is -1.78. The standard InChI is InChI=1S/C14H7ClF6O4S/c15-9-1-3-10(4-2-9)24-11-5-8(13(16,17)18)6-12(7-11)25-26(22,23)14(19,20)21/h1-7H. The second-order valence-electron chi connectivity index (χ2n) is 4.73. The fraction of sp³-hybridized carbons (Fsp3) is 0.143. The Kier molecular flexibility index (Phi) is 5.34. The van der Waals surface area contributed by atoms with Crippen LogP contribution in [0, 0.1) is 0 Å². The van der Waals surface area contributed by atoms with E-state index in [1.165, 1.54) is 24.3 Å². The maximum Gasteiger partial charge on any atom is 0.534 e. The molecular weight excluding hydrogens is 414 g/mol. The Morgan fingerprint density at radius 1 is 0.808 bits per heavy atom. The van der Waals surface area contributed by atoms with E-state index in [0.717, 1.165) is 0 Å². The topological polar surface area (TPSA) is 52.6 Å². The summed E-state index contributed by atoms with van der Waals surface area (Å²) in [5, 5.41) is 0.307. The minimum atomic E-state index is -6.15. The molecule has 2 aromatic carbocycles. The zero-order valence-electron chi connectivity index (χ0n) is 12.2. The molecule has 0 saturated carbocycles. The molecule has 0 N–H and O–H groups in total. The highest BCUT2D eigenvalue weighted by Gasteiger charge is 2.48. The molecular formula is C14H7ClF6O4S. The molecule has 12 heteroatoms. The van der Waals surface area contributed by atoms with Crippen molar-refractivity contribution in [3.63, 3.8) is 0 Å². The van der Waals surface area contributed by atoms with Gasteiger partial charge in [-0.2, -0.15) is 34.8 Å². The van der Waals surface area contributed by atoms with Crippen molar-refractivity contribution in [1.82, 2.24) is 0 Å². The van der Waals surface area contributed by atoms with Gasteiger partial charge in [0.1, 0.15) is 17.2 Å². The normalized spacial score (nSPS) is 12.7. The van der Waals surface area contributed by atoms with Crippen molar-refractivity contribution in [2.75, 3.05) is 0 Å². The van der Waals surface area contributed by atoms with Crippen LogP contribution in [0.25, 0.3) is 0 Å². The summed E-state index contributed by atoms with van der Waals surface area (Å²) in [7, 11) is -6.15. The smallest absolute Gasteiger partial charge is 0.457 e. The van der Waals surface area contributed by atoms with Gasteiger partial charge in [0, 0.05) is 11.1 Å². The van der Waals surface area contributed by atoms with Gasteiger partial charge < -0.3 is 8.92 Å². The molecule has 0 spiro atoms. The van der Waals surface area contributed by atoms with Gasteiger partial charge in [0.05, 0.1) is 5.56 Å². The molecule has 0 unspecified atom stereocenters. The van der Waals surface area contributed by atoms with E-state index in [1.807, 2.05) is 0 Å². The lowest BCUT2D eigenvalue weighted by Gasteiger charge is -2.14. The zero-order valence-corrected chi connectivity index (χ0v) is 13.8. The fourth-order valence-corrected chi connectivity index (χ4v) is 2.23. The number of halogens is 7. The quantitative estimate of drug-likeness (QED) is 0.378. The molecule has 26 heavy (non-hydrogen) atoms. The van der Waals surface area contributed by atoms with E-state index in [2.05, 4.69) is 4.18 Å². The minimum absolute atomic E-state index is 0.0124. The molecule has 2 aromatic rings. The van der Waals surface area contributed by atoms with Gasteiger partial charge in [-0.3, -0.25) is 0 Å². The summed E-state index contributed by atoms with van der Waals surface area (Å²) in [5.41, 5.74) is -7.27. The van der Waals surface area contributed by atoms with Crippen molar-refractivity contribution in [2.24, 2.45) is 0 Å². The third-order valence-electron chi connectivity index (χ3n) is 2.75. The van der Waals surface area contributed by atoms with Crippen molar-refractivity contribution in [3.8, 4) is 17.2 Å². The molecule has 0 aliphatic heterocycles. The molecule has 0 atom stereocenters. The lowest BCUT2D eigenvalue weighted by Crippen LogP contribution is -2.28. The Labute approximate surface area is 148 Å². The molecule has 2 rings (SSSR count). The first-order valence-electron chi connectivity index (χ1n) is 6.44. The van der Waals surface area contributed by atoms with E-state index in [-0.39, 0.29) is 11.8 Å². The first-order valence-corrected chi connectivity index (χ1v) is 8.23. The van der Waals surface area contributed by atoms with Gasteiger partial charge in [-0.05, 0) is 36.4 Å². The fourth-order valence-electron chi connectivity index (χ4n) is 1.66. The summed E-state index contributed by atoms with van der Waals surface area (Å²) >= 11 is 5.64. The Morgan fingerprint density at radius 3 is 1.85 bits per heavy atom. The molecule has 0 radical (unpaired) electrons. The molecule has 0 fully saturated rings. The van der Waals surface area contributed by atoms with Crippen LogP contribution in [-0.2, 0) is 16.3 Å². The highest BCUT2D eigenvalue weighted by molar-refractivity contribution is 7.88. The van der Waals surface area contributed by atoms with E-state index in [0.29, 0.717) is 17.2 Å². The maximum absolute atomic E-state index is 12.9.